The van der Waals surface area contributed by atoms with Gasteiger partial charge in [0, 0.05) is 34.5 Å². The number of carbonyl (C=O) groups is 1. The van der Waals surface area contributed by atoms with Crippen LogP contribution in [0.25, 0.3) is 0 Å². The highest BCUT2D eigenvalue weighted by Crippen LogP contribution is 2.47. The van der Waals surface area contributed by atoms with Crippen LogP contribution in [0.1, 0.15) is 41.7 Å². The third kappa shape index (κ3) is 8.91. The molecule has 1 fully saturated rings. The van der Waals surface area contributed by atoms with Crippen LogP contribution < -0.4 is 29.0 Å². The fourth-order valence-corrected chi connectivity index (χ4v) is 5.85. The topological polar surface area (TPSA) is 108 Å². The number of nitrogens with one attached hydrogen (secondary N) is 1. The van der Waals surface area contributed by atoms with Crippen molar-refractivity contribution in [2.75, 3.05) is 47.8 Å². The molecule has 2 amide bonds. The van der Waals surface area contributed by atoms with Gasteiger partial charge in [-0.25, -0.2) is 9.86 Å². The van der Waals surface area contributed by atoms with Crippen molar-refractivity contribution < 1.29 is 38.4 Å². The highest BCUT2D eigenvalue weighted by molar-refractivity contribution is 7.99. The summed E-state index contributed by atoms with van der Waals surface area (Å²) in [4.78, 5) is 12.8. The number of amides is 2. The molecule has 0 saturated carbocycles. The minimum atomic E-state index is -0.648. The van der Waals surface area contributed by atoms with E-state index < -0.39 is 6.03 Å². The fourth-order valence-electron chi connectivity index (χ4n) is 4.99. The van der Waals surface area contributed by atoms with E-state index in [-0.39, 0.29) is 12.2 Å². The summed E-state index contributed by atoms with van der Waals surface area (Å²) in [6, 6.07) is 14.9. The second kappa shape index (κ2) is 16.5. The van der Waals surface area contributed by atoms with E-state index in [4.69, 9.17) is 40.0 Å². The van der Waals surface area contributed by atoms with E-state index in [2.05, 4.69) is 11.4 Å². The molecule has 1 aliphatic heterocycles. The Kier molecular flexibility index (Phi) is 12.5. The van der Waals surface area contributed by atoms with Gasteiger partial charge >= 0.3 is 6.03 Å². The van der Waals surface area contributed by atoms with Crippen LogP contribution in [0.15, 0.2) is 65.7 Å². The Labute approximate surface area is 273 Å². The Bertz CT molecular complexity index is 1440. The highest BCUT2D eigenvalue weighted by Gasteiger charge is 2.31. The van der Waals surface area contributed by atoms with Crippen LogP contribution in [0.2, 0.25) is 5.02 Å². The average Bonchev–Trinajstić information content (AvgIpc) is 3.55. The molecule has 2 atom stereocenters. The lowest BCUT2D eigenvalue weighted by Gasteiger charge is -2.20. The lowest BCUT2D eigenvalue weighted by atomic mass is 9.99. The van der Waals surface area contributed by atoms with Crippen molar-refractivity contribution in [3.63, 3.8) is 0 Å². The van der Waals surface area contributed by atoms with Crippen LogP contribution in [-0.4, -0.2) is 64.1 Å². The van der Waals surface area contributed by atoms with E-state index in [1.807, 2.05) is 42.5 Å². The van der Waals surface area contributed by atoms with Gasteiger partial charge in [-0.15, -0.1) is 11.8 Å². The van der Waals surface area contributed by atoms with Crippen LogP contribution in [0.5, 0.6) is 28.7 Å². The predicted octanol–water partition coefficient (Wildman–Crippen LogP) is 7.23. The quantitative estimate of drug-likeness (QED) is 0.0803. The van der Waals surface area contributed by atoms with Gasteiger partial charge in [0.15, 0.2) is 23.0 Å². The first-order chi connectivity index (χ1) is 21.8. The zero-order chi connectivity index (χ0) is 32.3. The first kappa shape index (κ1) is 34.1. The van der Waals surface area contributed by atoms with E-state index in [0.29, 0.717) is 57.6 Å². The molecule has 0 radical (unpaired) electrons. The summed E-state index contributed by atoms with van der Waals surface area (Å²) in [5, 5.41) is 13.0. The zero-order valence-electron chi connectivity index (χ0n) is 26.0. The summed E-state index contributed by atoms with van der Waals surface area (Å²) in [5.41, 5.74) is 2.75. The van der Waals surface area contributed by atoms with Crippen molar-refractivity contribution in [1.29, 1.82) is 0 Å². The minimum absolute atomic E-state index is 0.176. The maximum atomic E-state index is 11.7. The number of rotatable bonds is 14. The number of hydrogen-bond donors (Lipinski definition) is 2. The molecule has 10 nitrogen and oxygen atoms in total. The molecule has 0 bridgehead atoms. The van der Waals surface area contributed by atoms with Gasteiger partial charge in [0.1, 0.15) is 0 Å². The number of hydrogen-bond acceptors (Lipinski definition) is 9. The van der Waals surface area contributed by atoms with Crippen LogP contribution >= 0.6 is 23.4 Å². The van der Waals surface area contributed by atoms with E-state index in [1.54, 1.807) is 46.3 Å². The lowest BCUT2D eigenvalue weighted by molar-refractivity contribution is -0.0168. The third-order valence-corrected chi connectivity index (χ3v) is 8.42. The van der Waals surface area contributed by atoms with Crippen molar-refractivity contribution in [3.05, 3.63) is 82.5 Å². The molecular formula is C33H39ClN2O8S. The number of carbonyl (C=O) groups excluding carboxylic acids is 1. The smallest absolute Gasteiger partial charge is 0.344 e. The minimum Gasteiger partial charge on any atom is -0.493 e. The third-order valence-electron chi connectivity index (χ3n) is 7.19. The number of urea groups is 1. The van der Waals surface area contributed by atoms with Gasteiger partial charge in [0.2, 0.25) is 5.75 Å². The Balaban J connectivity index is 1.55. The van der Waals surface area contributed by atoms with Crippen LogP contribution in [0.4, 0.5) is 4.79 Å². The van der Waals surface area contributed by atoms with E-state index in [1.165, 1.54) is 13.2 Å². The number of ether oxygens (including phenoxy) is 6. The standard InChI is InChI=1S/C33H39ClN2O8S/c1-36(38)33(37)35-14-6-7-21-17-22(18-28(39-2)31(21)43-15-16-45-25-10-8-24(34)9-11-25)26-12-13-27(44-26)23-19-29(40-3)32(42-5)30(20-23)41-4/h6,8-11,14,17-20,26-27,38H,7,12-13,15-16H2,1-5H3,(H,35,37)/b14-6+. The summed E-state index contributed by atoms with van der Waals surface area (Å²) in [6.07, 6.45) is 4.91. The molecule has 4 rings (SSSR count). The number of allylic oxidation sites excluding steroid dienone is 1. The molecule has 3 aromatic carbocycles. The molecule has 0 aromatic heterocycles. The van der Waals surface area contributed by atoms with Gasteiger partial charge < -0.3 is 33.7 Å². The normalized spacial score (nSPS) is 16.0. The first-order valence-corrected chi connectivity index (χ1v) is 15.7. The van der Waals surface area contributed by atoms with E-state index in [0.717, 1.165) is 34.4 Å². The van der Waals surface area contributed by atoms with Crippen LogP contribution in [0, 0.1) is 0 Å². The van der Waals surface area contributed by atoms with E-state index >= 15 is 0 Å². The number of halogens is 1. The van der Waals surface area contributed by atoms with Gasteiger partial charge in [-0.1, -0.05) is 17.7 Å². The molecule has 45 heavy (non-hydrogen) atoms. The number of benzene rings is 3. The number of methoxy groups -OCH3 is 4. The van der Waals surface area contributed by atoms with Crippen molar-refractivity contribution in [2.45, 2.75) is 36.4 Å². The SMILES string of the molecule is COc1cc(C2CCC(c3cc(OC)c(OC)c(OC)c3)O2)cc(C/C=C/NC(=O)N(C)O)c1OCCSc1ccc(Cl)cc1. The molecule has 0 spiro atoms. The predicted molar refractivity (Wildman–Crippen MR) is 173 cm³/mol. The van der Waals surface area contributed by atoms with E-state index in [9.17, 15) is 10.0 Å². The van der Waals surface area contributed by atoms with Crippen molar-refractivity contribution in [3.8, 4) is 28.7 Å². The van der Waals surface area contributed by atoms with Crippen molar-refractivity contribution in [2.24, 2.45) is 0 Å². The molecule has 1 heterocycles. The molecular weight excluding hydrogens is 620 g/mol. The lowest BCUT2D eigenvalue weighted by Crippen LogP contribution is -2.31. The summed E-state index contributed by atoms with van der Waals surface area (Å²) < 4.78 is 35.2. The molecule has 1 aliphatic rings. The fraction of sp³-hybridized carbons (Fsp3) is 0.364. The molecule has 12 heteroatoms. The Hall–Kier alpha value is -3.77. The Morgan fingerprint density at radius 1 is 0.956 bits per heavy atom. The average molecular weight is 659 g/mol. The zero-order valence-corrected chi connectivity index (χ0v) is 27.6. The van der Waals surface area contributed by atoms with Crippen LogP contribution in [-0.2, 0) is 11.2 Å². The second-order valence-electron chi connectivity index (χ2n) is 10.1. The summed E-state index contributed by atoms with van der Waals surface area (Å²) >= 11 is 7.67. The highest BCUT2D eigenvalue weighted by atomic mass is 35.5. The number of nitrogens with zero attached hydrogens (tertiary/aromatic N) is 1. The molecule has 3 aromatic rings. The van der Waals surface area contributed by atoms with Gasteiger partial charge in [-0.05, 0) is 78.9 Å². The van der Waals surface area contributed by atoms with Crippen LogP contribution in [0.3, 0.4) is 0 Å². The summed E-state index contributed by atoms with van der Waals surface area (Å²) in [7, 11) is 7.62. The number of hydroxylamine groups is 2. The Morgan fingerprint density at radius 2 is 1.53 bits per heavy atom. The first-order valence-electron chi connectivity index (χ1n) is 14.3. The number of thioether (sulfide) groups is 1. The molecule has 2 unspecified atom stereocenters. The maximum Gasteiger partial charge on any atom is 0.344 e. The molecule has 0 aliphatic carbocycles. The Morgan fingerprint density at radius 3 is 2.09 bits per heavy atom. The molecule has 242 valence electrons. The second-order valence-corrected chi connectivity index (χ2v) is 11.7. The largest absolute Gasteiger partial charge is 0.493 e. The summed E-state index contributed by atoms with van der Waals surface area (Å²) in [5.74, 6) is 3.60. The van der Waals surface area contributed by atoms with Crippen molar-refractivity contribution >= 4 is 29.4 Å². The van der Waals surface area contributed by atoms with Gasteiger partial charge in [-0.2, -0.15) is 0 Å². The van der Waals surface area contributed by atoms with Gasteiger partial charge in [-0.3, -0.25) is 5.21 Å². The maximum absolute atomic E-state index is 11.7. The van der Waals surface area contributed by atoms with Gasteiger partial charge in [0.05, 0.1) is 47.3 Å². The summed E-state index contributed by atoms with van der Waals surface area (Å²) in [6.45, 7) is 0.439. The molecule has 2 N–H and O–H groups in total. The van der Waals surface area contributed by atoms with Crippen molar-refractivity contribution in [1.82, 2.24) is 10.4 Å². The molecule has 1 saturated heterocycles. The van der Waals surface area contributed by atoms with Gasteiger partial charge in [0.25, 0.3) is 0 Å². The monoisotopic (exact) mass is 658 g/mol.